The summed E-state index contributed by atoms with van der Waals surface area (Å²) < 4.78 is 32.3. The molecular formula is C18H31IN4O3S. The second-order valence-corrected chi connectivity index (χ2v) is 8.22. The zero-order valence-electron chi connectivity index (χ0n) is 16.1. The van der Waals surface area contributed by atoms with E-state index in [1.165, 1.54) is 0 Å². The van der Waals surface area contributed by atoms with Crippen molar-refractivity contribution in [1.29, 1.82) is 0 Å². The second-order valence-electron chi connectivity index (χ2n) is 6.45. The van der Waals surface area contributed by atoms with E-state index in [0.717, 1.165) is 45.0 Å². The maximum absolute atomic E-state index is 12.2. The molecule has 0 aromatic heterocycles. The predicted molar refractivity (Wildman–Crippen MR) is 119 cm³/mol. The molecule has 1 heterocycles. The van der Waals surface area contributed by atoms with Crippen LogP contribution in [0.4, 0.5) is 0 Å². The minimum absolute atomic E-state index is 0. The van der Waals surface area contributed by atoms with Crippen molar-refractivity contribution >= 4 is 40.0 Å². The average Bonchev–Trinajstić information content (AvgIpc) is 2.67. The summed E-state index contributed by atoms with van der Waals surface area (Å²) in [5.74, 6) is 1.48. The van der Waals surface area contributed by atoms with E-state index in [1.807, 2.05) is 7.05 Å². The third-order valence-corrected chi connectivity index (χ3v) is 6.02. The first-order chi connectivity index (χ1) is 12.5. The molecule has 9 heteroatoms. The predicted octanol–water partition coefficient (Wildman–Crippen LogP) is 1.91. The van der Waals surface area contributed by atoms with Gasteiger partial charge < -0.3 is 15.0 Å². The Morgan fingerprint density at radius 2 is 1.89 bits per heavy atom. The number of nitrogens with zero attached hydrogens (tertiary/aromatic N) is 2. The monoisotopic (exact) mass is 510 g/mol. The Kier molecular flexibility index (Phi) is 11.2. The van der Waals surface area contributed by atoms with Gasteiger partial charge in [0.25, 0.3) is 0 Å². The van der Waals surface area contributed by atoms with E-state index in [-0.39, 0.29) is 28.9 Å². The fraction of sp³-hybridized carbons (Fsp3) is 0.611. The van der Waals surface area contributed by atoms with Crippen molar-refractivity contribution in [3.8, 4) is 0 Å². The van der Waals surface area contributed by atoms with Crippen molar-refractivity contribution in [2.75, 3.05) is 46.9 Å². The first-order valence-electron chi connectivity index (χ1n) is 9.07. The molecule has 1 aromatic carbocycles. The summed E-state index contributed by atoms with van der Waals surface area (Å²) in [5.41, 5.74) is 0. The van der Waals surface area contributed by atoms with Gasteiger partial charge in [-0.25, -0.2) is 13.1 Å². The van der Waals surface area contributed by atoms with Gasteiger partial charge in [-0.15, -0.1) is 24.0 Å². The van der Waals surface area contributed by atoms with E-state index >= 15 is 0 Å². The van der Waals surface area contributed by atoms with Gasteiger partial charge >= 0.3 is 0 Å². The molecule has 0 unspecified atom stereocenters. The standard InChI is InChI=1S/C18H30N4O3S.HI/c1-19-18(22(2)13-8-16-9-14-25-15-10-16)20-11-12-21-26(23,24)17-6-4-3-5-7-17;/h3-7,16,21H,8-15H2,1-2H3,(H,19,20);1H. The molecule has 2 N–H and O–H groups in total. The highest BCUT2D eigenvalue weighted by Crippen LogP contribution is 2.18. The van der Waals surface area contributed by atoms with Crippen LogP contribution in [0.5, 0.6) is 0 Å². The number of nitrogens with one attached hydrogen (secondary N) is 2. The summed E-state index contributed by atoms with van der Waals surface area (Å²) in [6.07, 6.45) is 3.36. The number of benzene rings is 1. The Morgan fingerprint density at radius 3 is 2.52 bits per heavy atom. The number of ether oxygens (including phenoxy) is 1. The van der Waals surface area contributed by atoms with Crippen LogP contribution in [0.2, 0.25) is 0 Å². The van der Waals surface area contributed by atoms with E-state index in [1.54, 1.807) is 37.4 Å². The summed E-state index contributed by atoms with van der Waals surface area (Å²) in [7, 11) is 0.275. The van der Waals surface area contributed by atoms with Gasteiger partial charge in [0.1, 0.15) is 0 Å². The second kappa shape index (κ2) is 12.5. The Hall–Kier alpha value is -0.910. The lowest BCUT2D eigenvalue weighted by atomic mass is 9.96. The van der Waals surface area contributed by atoms with E-state index in [4.69, 9.17) is 4.74 Å². The Balaban J connectivity index is 0.00000364. The number of hydrogen-bond donors (Lipinski definition) is 2. The number of sulfonamides is 1. The van der Waals surface area contributed by atoms with Gasteiger partial charge in [0, 0.05) is 46.9 Å². The van der Waals surface area contributed by atoms with Crippen LogP contribution in [0.3, 0.4) is 0 Å². The molecule has 1 aliphatic heterocycles. The van der Waals surface area contributed by atoms with Crippen LogP contribution in [0, 0.1) is 5.92 Å². The number of rotatable bonds is 8. The SMILES string of the molecule is CN=C(NCCNS(=O)(=O)c1ccccc1)N(C)CCC1CCOCC1.I. The molecular weight excluding hydrogens is 479 g/mol. The molecule has 1 aliphatic rings. The fourth-order valence-corrected chi connectivity index (χ4v) is 4.00. The van der Waals surface area contributed by atoms with Crippen molar-refractivity contribution < 1.29 is 13.2 Å². The highest BCUT2D eigenvalue weighted by atomic mass is 127. The van der Waals surface area contributed by atoms with Crippen LogP contribution in [0.1, 0.15) is 19.3 Å². The number of halogens is 1. The van der Waals surface area contributed by atoms with Gasteiger partial charge in [0.05, 0.1) is 4.90 Å². The first kappa shape index (κ1) is 24.1. The molecule has 1 fully saturated rings. The zero-order valence-corrected chi connectivity index (χ0v) is 19.2. The van der Waals surface area contributed by atoms with Crippen molar-refractivity contribution in [2.24, 2.45) is 10.9 Å². The summed E-state index contributed by atoms with van der Waals surface area (Å²) in [4.78, 5) is 6.63. The third kappa shape index (κ3) is 8.32. The fourth-order valence-electron chi connectivity index (χ4n) is 2.94. The largest absolute Gasteiger partial charge is 0.381 e. The molecule has 27 heavy (non-hydrogen) atoms. The average molecular weight is 510 g/mol. The normalized spacial score (nSPS) is 15.9. The quantitative estimate of drug-likeness (QED) is 0.242. The van der Waals surface area contributed by atoms with Gasteiger partial charge in [-0.3, -0.25) is 4.99 Å². The van der Waals surface area contributed by atoms with Crippen molar-refractivity contribution in [3.63, 3.8) is 0 Å². The highest BCUT2D eigenvalue weighted by Gasteiger charge is 2.16. The summed E-state index contributed by atoms with van der Waals surface area (Å²) >= 11 is 0. The van der Waals surface area contributed by atoms with Gasteiger partial charge in [0.2, 0.25) is 10.0 Å². The summed E-state index contributed by atoms with van der Waals surface area (Å²) in [6, 6.07) is 8.38. The maximum atomic E-state index is 12.2. The van der Waals surface area contributed by atoms with Gasteiger partial charge in [0.15, 0.2) is 5.96 Å². The summed E-state index contributed by atoms with van der Waals surface area (Å²) in [6.45, 7) is 3.41. The molecule has 0 bridgehead atoms. The molecule has 7 nitrogen and oxygen atoms in total. The van der Waals surface area contributed by atoms with Crippen molar-refractivity contribution in [1.82, 2.24) is 14.9 Å². The lowest BCUT2D eigenvalue weighted by Gasteiger charge is -2.26. The van der Waals surface area contributed by atoms with E-state index in [9.17, 15) is 8.42 Å². The third-order valence-electron chi connectivity index (χ3n) is 4.54. The molecule has 0 atom stereocenters. The molecule has 0 aliphatic carbocycles. The Bertz CT molecular complexity index is 664. The zero-order chi connectivity index (χ0) is 18.8. The molecule has 0 amide bonds. The molecule has 0 spiro atoms. The molecule has 1 aromatic rings. The number of hydrogen-bond acceptors (Lipinski definition) is 4. The van der Waals surface area contributed by atoms with E-state index < -0.39 is 10.0 Å². The van der Waals surface area contributed by atoms with Gasteiger partial charge in [-0.2, -0.15) is 0 Å². The van der Waals surface area contributed by atoms with Crippen LogP contribution in [-0.2, 0) is 14.8 Å². The Labute approximate surface area is 180 Å². The van der Waals surface area contributed by atoms with E-state index in [2.05, 4.69) is 19.9 Å². The molecule has 154 valence electrons. The topological polar surface area (TPSA) is 83.0 Å². The molecule has 1 saturated heterocycles. The highest BCUT2D eigenvalue weighted by molar-refractivity contribution is 14.0. The van der Waals surface area contributed by atoms with Gasteiger partial charge in [-0.05, 0) is 37.3 Å². The van der Waals surface area contributed by atoms with E-state index in [0.29, 0.717) is 19.0 Å². The smallest absolute Gasteiger partial charge is 0.240 e. The van der Waals surface area contributed by atoms with Crippen molar-refractivity contribution in [2.45, 2.75) is 24.2 Å². The minimum atomic E-state index is -3.47. The molecule has 0 radical (unpaired) electrons. The van der Waals surface area contributed by atoms with Crippen LogP contribution in [-0.4, -0.2) is 66.2 Å². The van der Waals surface area contributed by atoms with Crippen LogP contribution >= 0.6 is 24.0 Å². The van der Waals surface area contributed by atoms with Crippen LogP contribution in [0.25, 0.3) is 0 Å². The molecule has 0 saturated carbocycles. The van der Waals surface area contributed by atoms with Crippen molar-refractivity contribution in [3.05, 3.63) is 30.3 Å². The molecule has 2 rings (SSSR count). The Morgan fingerprint density at radius 1 is 1.22 bits per heavy atom. The summed E-state index contributed by atoms with van der Waals surface area (Å²) in [5, 5.41) is 3.21. The van der Waals surface area contributed by atoms with Gasteiger partial charge in [-0.1, -0.05) is 18.2 Å². The van der Waals surface area contributed by atoms with Crippen LogP contribution < -0.4 is 10.0 Å². The lowest BCUT2D eigenvalue weighted by Crippen LogP contribution is -2.43. The maximum Gasteiger partial charge on any atom is 0.240 e. The van der Waals surface area contributed by atoms with Crippen LogP contribution in [0.15, 0.2) is 40.2 Å². The first-order valence-corrected chi connectivity index (χ1v) is 10.6. The lowest BCUT2D eigenvalue weighted by molar-refractivity contribution is 0.0625. The minimum Gasteiger partial charge on any atom is -0.381 e. The number of aliphatic imine (C=N–C) groups is 1. The number of guanidine groups is 1.